The molecule has 0 spiro atoms. The van der Waals surface area contributed by atoms with Crippen molar-refractivity contribution in [3.63, 3.8) is 0 Å². The van der Waals surface area contributed by atoms with Crippen molar-refractivity contribution in [3.05, 3.63) is 69.5 Å². The van der Waals surface area contributed by atoms with Gasteiger partial charge in [0, 0.05) is 37.3 Å². The minimum absolute atomic E-state index is 0.145. The van der Waals surface area contributed by atoms with E-state index in [0.717, 1.165) is 46.0 Å². The number of benzene rings is 2. The highest BCUT2D eigenvalue weighted by Crippen LogP contribution is 2.42. The Balaban J connectivity index is 1.28. The zero-order valence-electron chi connectivity index (χ0n) is 22.0. The number of amides is 4. The molecule has 2 N–H and O–H groups in total. The average molecular weight is 613 g/mol. The summed E-state index contributed by atoms with van der Waals surface area (Å²) in [5, 5.41) is 5.76. The summed E-state index contributed by atoms with van der Waals surface area (Å²) in [4.78, 5) is 54.4. The van der Waals surface area contributed by atoms with Crippen molar-refractivity contribution >= 4 is 91.6 Å². The lowest BCUT2D eigenvalue weighted by molar-refractivity contribution is -0.124. The molecule has 2 aliphatic heterocycles. The molecule has 40 heavy (non-hydrogen) atoms. The van der Waals surface area contributed by atoms with Gasteiger partial charge < -0.3 is 10.6 Å². The Kier molecular flexibility index (Phi) is 10.1. The SMILES string of the molecule is Cc1ccccc1NC(=O)CCCN1C(=O)/C(=C2\SC(=S)N(CCCC(=O)Nc3ccccc3C)C2=O)SC1=S. The lowest BCUT2D eigenvalue weighted by atomic mass is 10.2. The number of rotatable bonds is 10. The number of hydrogen-bond acceptors (Lipinski definition) is 8. The van der Waals surface area contributed by atoms with Crippen molar-refractivity contribution in [2.75, 3.05) is 23.7 Å². The van der Waals surface area contributed by atoms with Crippen LogP contribution in [0.25, 0.3) is 0 Å². The molecule has 0 bridgehead atoms. The molecule has 0 aliphatic carbocycles. The number of para-hydroxylation sites is 2. The number of anilines is 2. The quantitative estimate of drug-likeness (QED) is 0.273. The molecule has 0 aromatic heterocycles. The van der Waals surface area contributed by atoms with Gasteiger partial charge in [-0.25, -0.2) is 0 Å². The van der Waals surface area contributed by atoms with Crippen LogP contribution >= 0.6 is 48.0 Å². The summed E-state index contributed by atoms with van der Waals surface area (Å²) in [5.74, 6) is -0.999. The molecule has 2 saturated heterocycles. The number of carbonyl (C=O) groups excluding carboxylic acids is 4. The minimum atomic E-state index is -0.354. The molecule has 2 aromatic carbocycles. The van der Waals surface area contributed by atoms with Crippen molar-refractivity contribution in [3.8, 4) is 0 Å². The number of nitrogens with zero attached hydrogens (tertiary/aromatic N) is 2. The molecule has 4 rings (SSSR count). The van der Waals surface area contributed by atoms with Gasteiger partial charge in [0.1, 0.15) is 8.64 Å². The third-order valence-corrected chi connectivity index (χ3v) is 9.34. The van der Waals surface area contributed by atoms with Gasteiger partial charge in [0.25, 0.3) is 11.8 Å². The maximum absolute atomic E-state index is 13.2. The van der Waals surface area contributed by atoms with E-state index in [1.165, 1.54) is 9.80 Å². The smallest absolute Gasteiger partial charge is 0.267 e. The topological polar surface area (TPSA) is 98.8 Å². The van der Waals surface area contributed by atoms with Crippen molar-refractivity contribution in [1.82, 2.24) is 9.80 Å². The van der Waals surface area contributed by atoms with E-state index >= 15 is 0 Å². The molecular weight excluding hydrogens is 585 g/mol. The van der Waals surface area contributed by atoms with Crippen LogP contribution < -0.4 is 10.6 Å². The molecule has 2 fully saturated rings. The monoisotopic (exact) mass is 612 g/mol. The van der Waals surface area contributed by atoms with Gasteiger partial charge in [-0.05, 0) is 49.9 Å². The average Bonchev–Trinajstić information content (AvgIpc) is 3.35. The van der Waals surface area contributed by atoms with Crippen LogP contribution in [0.4, 0.5) is 11.4 Å². The fraction of sp³-hybridized carbons (Fsp3) is 0.286. The van der Waals surface area contributed by atoms with Gasteiger partial charge in [-0.1, -0.05) is 84.4 Å². The normalized spacial score (nSPS) is 17.1. The summed E-state index contributed by atoms with van der Waals surface area (Å²) in [6, 6.07) is 15.0. The third-order valence-electron chi connectivity index (χ3n) is 6.31. The molecular formula is C28H28N4O4S4. The molecule has 8 nitrogen and oxygen atoms in total. The summed E-state index contributed by atoms with van der Waals surface area (Å²) < 4.78 is 0.690. The summed E-state index contributed by atoms with van der Waals surface area (Å²) in [7, 11) is 0. The number of hydrogen-bond donors (Lipinski definition) is 2. The Morgan fingerprint density at radius 3 is 1.45 bits per heavy atom. The molecule has 2 heterocycles. The Bertz CT molecular complexity index is 1320. The highest BCUT2D eigenvalue weighted by atomic mass is 32.2. The van der Waals surface area contributed by atoms with Gasteiger partial charge >= 0.3 is 0 Å². The highest BCUT2D eigenvalue weighted by Gasteiger charge is 2.41. The molecule has 2 aliphatic rings. The Morgan fingerprint density at radius 1 is 0.700 bits per heavy atom. The highest BCUT2D eigenvalue weighted by molar-refractivity contribution is 8.29. The van der Waals surface area contributed by atoms with Crippen LogP contribution in [0.5, 0.6) is 0 Å². The standard InChI is InChI=1S/C28H28N4O4S4/c1-17-9-3-5-11-19(17)29-21(33)13-7-15-31-25(35)23(39-27(31)37)24-26(36)32(28(38)40-24)16-8-14-22(34)30-20-12-6-4-10-18(20)2/h3-6,9-12H,7-8,13-16H2,1-2H3,(H,29,33)(H,30,34)/b24-23+. The third kappa shape index (κ3) is 7.17. The van der Waals surface area contributed by atoms with Gasteiger partial charge in [-0.2, -0.15) is 0 Å². The Labute approximate surface area is 252 Å². The molecule has 2 aromatic rings. The van der Waals surface area contributed by atoms with Crippen molar-refractivity contribution in [2.24, 2.45) is 0 Å². The zero-order chi connectivity index (χ0) is 28.8. The van der Waals surface area contributed by atoms with E-state index in [9.17, 15) is 19.2 Å². The van der Waals surface area contributed by atoms with E-state index in [-0.39, 0.29) is 59.4 Å². The summed E-state index contributed by atoms with van der Waals surface area (Å²) in [5.41, 5.74) is 3.45. The first kappa shape index (κ1) is 29.9. The molecule has 0 atom stereocenters. The van der Waals surface area contributed by atoms with Crippen molar-refractivity contribution < 1.29 is 19.2 Å². The molecule has 0 saturated carbocycles. The maximum Gasteiger partial charge on any atom is 0.267 e. The van der Waals surface area contributed by atoms with E-state index < -0.39 is 0 Å². The Hall–Kier alpha value is -3.06. The van der Waals surface area contributed by atoms with Crippen LogP contribution in [0.15, 0.2) is 58.3 Å². The zero-order valence-corrected chi connectivity index (χ0v) is 25.3. The lowest BCUT2D eigenvalue weighted by Crippen LogP contribution is -2.31. The number of nitrogens with one attached hydrogen (secondary N) is 2. The van der Waals surface area contributed by atoms with Crippen LogP contribution in [-0.2, 0) is 19.2 Å². The van der Waals surface area contributed by atoms with E-state index in [0.29, 0.717) is 21.5 Å². The number of carbonyl (C=O) groups is 4. The van der Waals surface area contributed by atoms with Gasteiger partial charge in [0.15, 0.2) is 0 Å². The van der Waals surface area contributed by atoms with Crippen LogP contribution in [0.3, 0.4) is 0 Å². The number of thioether (sulfide) groups is 2. The molecule has 0 radical (unpaired) electrons. The Morgan fingerprint density at radius 2 is 1.07 bits per heavy atom. The van der Waals surface area contributed by atoms with Gasteiger partial charge in [-0.3, -0.25) is 29.0 Å². The second kappa shape index (κ2) is 13.5. The van der Waals surface area contributed by atoms with Crippen molar-refractivity contribution in [2.45, 2.75) is 39.5 Å². The predicted molar refractivity (Wildman–Crippen MR) is 169 cm³/mol. The molecule has 12 heteroatoms. The van der Waals surface area contributed by atoms with Gasteiger partial charge in [-0.15, -0.1) is 0 Å². The second-order valence-corrected chi connectivity index (χ2v) is 12.5. The van der Waals surface area contributed by atoms with Crippen molar-refractivity contribution in [1.29, 1.82) is 0 Å². The molecule has 4 amide bonds. The molecule has 0 unspecified atom stereocenters. The van der Waals surface area contributed by atoms with E-state index in [4.69, 9.17) is 24.4 Å². The first-order valence-electron chi connectivity index (χ1n) is 12.7. The number of thiocarbonyl (C=S) groups is 2. The summed E-state index contributed by atoms with van der Waals surface area (Å²) in [6.45, 7) is 4.38. The predicted octanol–water partition coefficient (Wildman–Crippen LogP) is 5.37. The van der Waals surface area contributed by atoms with Gasteiger partial charge in [0.2, 0.25) is 11.8 Å². The van der Waals surface area contributed by atoms with E-state index in [1.54, 1.807) is 0 Å². The van der Waals surface area contributed by atoms with E-state index in [1.807, 2.05) is 62.4 Å². The number of aryl methyl sites for hydroxylation is 2. The first-order valence-corrected chi connectivity index (χ1v) is 15.1. The van der Waals surface area contributed by atoms with Crippen LogP contribution in [0, 0.1) is 13.8 Å². The summed E-state index contributed by atoms with van der Waals surface area (Å²) >= 11 is 13.0. The van der Waals surface area contributed by atoms with Crippen LogP contribution in [-0.4, -0.2) is 55.2 Å². The fourth-order valence-corrected chi connectivity index (χ4v) is 6.87. The minimum Gasteiger partial charge on any atom is -0.326 e. The second-order valence-electron chi connectivity index (χ2n) is 9.24. The summed E-state index contributed by atoms with van der Waals surface area (Å²) in [6.07, 6.45) is 1.28. The first-order chi connectivity index (χ1) is 19.2. The largest absolute Gasteiger partial charge is 0.326 e. The van der Waals surface area contributed by atoms with Crippen LogP contribution in [0.2, 0.25) is 0 Å². The molecule has 208 valence electrons. The van der Waals surface area contributed by atoms with Crippen LogP contribution in [0.1, 0.15) is 36.8 Å². The van der Waals surface area contributed by atoms with Gasteiger partial charge in [0.05, 0.1) is 9.81 Å². The maximum atomic E-state index is 13.2. The fourth-order valence-electron chi connectivity index (χ4n) is 4.10. The van der Waals surface area contributed by atoms with E-state index in [2.05, 4.69) is 10.6 Å². The lowest BCUT2D eigenvalue weighted by Gasteiger charge is -2.15.